The summed E-state index contributed by atoms with van der Waals surface area (Å²) >= 11 is 0. The van der Waals surface area contributed by atoms with Crippen LogP contribution in [0.2, 0.25) is 0 Å². The summed E-state index contributed by atoms with van der Waals surface area (Å²) in [6, 6.07) is -0.210. The molecule has 0 aliphatic rings. The zero-order valence-corrected chi connectivity index (χ0v) is 9.45. The van der Waals surface area contributed by atoms with Gasteiger partial charge in [0.2, 0.25) is 0 Å². The minimum absolute atomic E-state index is 0.210. The largest absolute Gasteiger partial charge is 0.390 e. The molecule has 1 atom stereocenters. The summed E-state index contributed by atoms with van der Waals surface area (Å²) in [5, 5.41) is 15.1. The summed E-state index contributed by atoms with van der Waals surface area (Å²) in [7, 11) is 0. The number of hydrogen-bond acceptors (Lipinski definition) is 3. The van der Waals surface area contributed by atoms with Gasteiger partial charge in [-0.2, -0.15) is 5.10 Å². The Balaban J connectivity index is 2.49. The second kappa shape index (κ2) is 5.36. The number of aliphatic hydroxyl groups is 1. The van der Waals surface area contributed by atoms with Gasteiger partial charge in [0, 0.05) is 24.3 Å². The van der Waals surface area contributed by atoms with E-state index in [4.69, 9.17) is 5.11 Å². The molecule has 1 aromatic heterocycles. The Kier molecular flexibility index (Phi) is 4.37. The van der Waals surface area contributed by atoms with Crippen molar-refractivity contribution in [3.63, 3.8) is 0 Å². The van der Waals surface area contributed by atoms with E-state index >= 15 is 0 Å². The van der Waals surface area contributed by atoms with E-state index in [1.54, 1.807) is 17.8 Å². The predicted molar refractivity (Wildman–Crippen MR) is 56.4 cm³/mol. The van der Waals surface area contributed by atoms with Crippen molar-refractivity contribution in [2.75, 3.05) is 13.2 Å². The molecule has 1 aromatic rings. The van der Waals surface area contributed by atoms with Gasteiger partial charge in [-0.25, -0.2) is 8.78 Å². The molecular formula is C10H17F2N3O. The van der Waals surface area contributed by atoms with Crippen molar-refractivity contribution < 1.29 is 13.9 Å². The van der Waals surface area contributed by atoms with Gasteiger partial charge in [0.25, 0.3) is 5.92 Å². The van der Waals surface area contributed by atoms with E-state index in [1.807, 2.05) is 13.1 Å². The summed E-state index contributed by atoms with van der Waals surface area (Å²) < 4.78 is 27.3. The van der Waals surface area contributed by atoms with Crippen LogP contribution in [0, 0.1) is 0 Å². The number of hydrogen-bond donors (Lipinski definition) is 2. The number of alkyl halides is 2. The third-order valence-electron chi connectivity index (χ3n) is 2.38. The van der Waals surface area contributed by atoms with E-state index in [2.05, 4.69) is 10.4 Å². The molecular weight excluding hydrogens is 216 g/mol. The second-order valence-electron chi connectivity index (χ2n) is 3.75. The van der Waals surface area contributed by atoms with Crippen LogP contribution in [0.3, 0.4) is 0 Å². The Morgan fingerprint density at radius 1 is 1.62 bits per heavy atom. The zero-order chi connectivity index (χ0) is 12.2. The van der Waals surface area contributed by atoms with Crippen LogP contribution in [0.4, 0.5) is 8.78 Å². The van der Waals surface area contributed by atoms with Gasteiger partial charge in [-0.3, -0.25) is 4.68 Å². The summed E-state index contributed by atoms with van der Waals surface area (Å²) in [5.74, 6) is -3.07. The molecule has 0 aromatic carbocycles. The van der Waals surface area contributed by atoms with Crippen molar-refractivity contribution in [1.29, 1.82) is 0 Å². The molecule has 6 heteroatoms. The van der Waals surface area contributed by atoms with Crippen LogP contribution >= 0.6 is 0 Å². The maximum atomic E-state index is 12.8. The SMILES string of the molecule is CCn1cc(C(C)NCC(F)(F)CO)cn1. The first-order chi connectivity index (χ1) is 7.48. The average Bonchev–Trinajstić information content (AvgIpc) is 2.74. The molecule has 0 saturated heterocycles. The van der Waals surface area contributed by atoms with Crippen molar-refractivity contribution in [2.45, 2.75) is 32.4 Å². The first kappa shape index (κ1) is 13.1. The molecule has 0 spiro atoms. The lowest BCUT2D eigenvalue weighted by molar-refractivity contribution is -0.0490. The molecule has 0 fully saturated rings. The van der Waals surface area contributed by atoms with E-state index in [-0.39, 0.29) is 6.04 Å². The van der Waals surface area contributed by atoms with Gasteiger partial charge in [0.05, 0.1) is 12.7 Å². The summed E-state index contributed by atoms with van der Waals surface area (Å²) in [5.41, 5.74) is 0.857. The molecule has 1 heterocycles. The quantitative estimate of drug-likeness (QED) is 0.775. The highest BCUT2D eigenvalue weighted by molar-refractivity contribution is 5.09. The van der Waals surface area contributed by atoms with Crippen molar-refractivity contribution in [1.82, 2.24) is 15.1 Å². The molecule has 0 radical (unpaired) electrons. The van der Waals surface area contributed by atoms with Crippen LogP contribution in [0.1, 0.15) is 25.5 Å². The van der Waals surface area contributed by atoms with E-state index < -0.39 is 19.1 Å². The van der Waals surface area contributed by atoms with E-state index in [1.165, 1.54) is 0 Å². The zero-order valence-electron chi connectivity index (χ0n) is 9.45. The average molecular weight is 233 g/mol. The lowest BCUT2D eigenvalue weighted by atomic mass is 10.2. The number of nitrogens with one attached hydrogen (secondary N) is 1. The predicted octanol–water partition coefficient (Wildman–Crippen LogP) is 1.18. The molecule has 0 saturated carbocycles. The highest BCUT2D eigenvalue weighted by atomic mass is 19.3. The summed E-state index contributed by atoms with van der Waals surface area (Å²) in [6.07, 6.45) is 3.47. The van der Waals surface area contributed by atoms with Crippen LogP contribution in [-0.2, 0) is 6.54 Å². The highest BCUT2D eigenvalue weighted by Gasteiger charge is 2.28. The number of aliphatic hydroxyl groups excluding tert-OH is 1. The summed E-state index contributed by atoms with van der Waals surface area (Å²) in [6.45, 7) is 2.81. The molecule has 0 aliphatic carbocycles. The van der Waals surface area contributed by atoms with E-state index in [0.717, 1.165) is 12.1 Å². The van der Waals surface area contributed by atoms with Gasteiger partial charge in [-0.05, 0) is 13.8 Å². The third kappa shape index (κ3) is 3.53. The van der Waals surface area contributed by atoms with Crippen molar-refractivity contribution >= 4 is 0 Å². The fourth-order valence-electron chi connectivity index (χ4n) is 1.25. The molecule has 2 N–H and O–H groups in total. The van der Waals surface area contributed by atoms with Gasteiger partial charge in [-0.15, -0.1) is 0 Å². The van der Waals surface area contributed by atoms with Gasteiger partial charge in [-0.1, -0.05) is 0 Å². The Labute approximate surface area is 93.3 Å². The van der Waals surface area contributed by atoms with Crippen molar-refractivity contribution in [3.05, 3.63) is 18.0 Å². The number of halogens is 2. The molecule has 0 amide bonds. The maximum absolute atomic E-state index is 12.8. The van der Waals surface area contributed by atoms with E-state index in [9.17, 15) is 8.78 Å². The smallest absolute Gasteiger partial charge is 0.282 e. The van der Waals surface area contributed by atoms with Crippen LogP contribution in [0.25, 0.3) is 0 Å². The molecule has 1 unspecified atom stereocenters. The number of nitrogens with zero attached hydrogens (tertiary/aromatic N) is 2. The first-order valence-corrected chi connectivity index (χ1v) is 5.23. The molecule has 0 aliphatic heterocycles. The number of aryl methyl sites for hydroxylation is 1. The molecule has 92 valence electrons. The fourth-order valence-corrected chi connectivity index (χ4v) is 1.25. The van der Waals surface area contributed by atoms with Gasteiger partial charge < -0.3 is 10.4 Å². The lowest BCUT2D eigenvalue weighted by Gasteiger charge is -2.17. The van der Waals surface area contributed by atoms with Gasteiger partial charge in [0.15, 0.2) is 0 Å². The van der Waals surface area contributed by atoms with Crippen LogP contribution in [-0.4, -0.2) is 34.0 Å². The van der Waals surface area contributed by atoms with Gasteiger partial charge in [0.1, 0.15) is 6.61 Å². The minimum Gasteiger partial charge on any atom is -0.390 e. The number of rotatable bonds is 6. The van der Waals surface area contributed by atoms with Crippen molar-refractivity contribution in [3.8, 4) is 0 Å². The fraction of sp³-hybridized carbons (Fsp3) is 0.700. The molecule has 0 bridgehead atoms. The molecule has 16 heavy (non-hydrogen) atoms. The lowest BCUT2D eigenvalue weighted by Crippen LogP contribution is -2.36. The van der Waals surface area contributed by atoms with E-state index in [0.29, 0.717) is 0 Å². The molecule has 1 rings (SSSR count). The highest BCUT2D eigenvalue weighted by Crippen LogP contribution is 2.15. The third-order valence-corrected chi connectivity index (χ3v) is 2.38. The summed E-state index contributed by atoms with van der Waals surface area (Å²) in [4.78, 5) is 0. The molecule has 4 nitrogen and oxygen atoms in total. The van der Waals surface area contributed by atoms with Crippen LogP contribution in [0.5, 0.6) is 0 Å². The first-order valence-electron chi connectivity index (χ1n) is 5.23. The maximum Gasteiger partial charge on any atom is 0.282 e. The Morgan fingerprint density at radius 2 is 2.31 bits per heavy atom. The van der Waals surface area contributed by atoms with Gasteiger partial charge >= 0.3 is 0 Å². The topological polar surface area (TPSA) is 50.1 Å². The Bertz CT molecular complexity index is 328. The van der Waals surface area contributed by atoms with Crippen LogP contribution < -0.4 is 5.32 Å². The minimum atomic E-state index is -3.07. The number of aromatic nitrogens is 2. The Hall–Kier alpha value is -1.01. The second-order valence-corrected chi connectivity index (χ2v) is 3.75. The monoisotopic (exact) mass is 233 g/mol. The normalized spacial score (nSPS) is 14.1. The Morgan fingerprint density at radius 3 is 2.81 bits per heavy atom. The van der Waals surface area contributed by atoms with Crippen LogP contribution in [0.15, 0.2) is 12.4 Å². The standard InChI is InChI=1S/C10H17F2N3O/c1-3-15-5-9(4-14-15)8(2)13-6-10(11,12)7-16/h4-5,8,13,16H,3,6-7H2,1-2H3. The van der Waals surface area contributed by atoms with Crippen molar-refractivity contribution in [2.24, 2.45) is 0 Å².